The molecule has 0 aliphatic heterocycles. The van der Waals surface area contributed by atoms with E-state index in [-0.39, 0.29) is 6.10 Å². The molecule has 0 fully saturated rings. The molecule has 0 aliphatic carbocycles. The summed E-state index contributed by atoms with van der Waals surface area (Å²) in [6.07, 6.45) is 1.80. The zero-order chi connectivity index (χ0) is 12.6. The fourth-order valence-corrected chi connectivity index (χ4v) is 1.48. The highest BCUT2D eigenvalue weighted by Crippen LogP contribution is 2.11. The number of halogens is 1. The average molecular weight is 289 g/mol. The third kappa shape index (κ3) is 5.37. The Labute approximate surface area is 107 Å². The van der Waals surface area contributed by atoms with Crippen molar-refractivity contribution in [3.63, 3.8) is 0 Å². The molecule has 92 valence electrons. The number of nitrogens with one attached hydrogen (secondary N) is 2. The van der Waals surface area contributed by atoms with Gasteiger partial charge in [-0.1, -0.05) is 29.1 Å². The largest absolute Gasteiger partial charge is 0.385 e. The van der Waals surface area contributed by atoms with E-state index < -0.39 is 0 Å². The van der Waals surface area contributed by atoms with Crippen molar-refractivity contribution < 1.29 is 4.74 Å². The number of hydrogen-bond donors (Lipinski definition) is 2. The lowest BCUT2D eigenvalue weighted by Crippen LogP contribution is -2.25. The van der Waals surface area contributed by atoms with Gasteiger partial charge in [-0.2, -0.15) is 0 Å². The summed E-state index contributed by atoms with van der Waals surface area (Å²) in [4.78, 5) is 0. The van der Waals surface area contributed by atoms with Crippen molar-refractivity contribution in [3.05, 3.63) is 35.1 Å². The summed E-state index contributed by atoms with van der Waals surface area (Å²) >= 11 is 3.51. The number of ether oxygens (including phenoxy) is 1. The molecule has 0 aromatic heterocycles. The van der Waals surface area contributed by atoms with Gasteiger partial charge in [0.15, 0.2) is 0 Å². The minimum absolute atomic E-state index is 0.00613. The molecule has 0 radical (unpaired) electrons. The highest BCUT2D eigenvalue weighted by atomic mass is 79.9. The maximum absolute atomic E-state index is 5.15. The maximum atomic E-state index is 5.15. The molecular formula is C12H21BrN2O. The van der Waals surface area contributed by atoms with Gasteiger partial charge in [0.2, 0.25) is 0 Å². The molecule has 1 atom stereocenters. The monoisotopic (exact) mass is 288 g/mol. The Hall–Kier alpha value is -0.740. The molecule has 0 aromatic rings. The quantitative estimate of drug-likeness (QED) is 0.674. The summed E-state index contributed by atoms with van der Waals surface area (Å²) < 4.78 is 6.17. The third-order valence-corrected chi connectivity index (χ3v) is 2.89. The van der Waals surface area contributed by atoms with E-state index in [4.69, 9.17) is 4.74 Å². The van der Waals surface area contributed by atoms with Gasteiger partial charge in [0.1, 0.15) is 0 Å². The van der Waals surface area contributed by atoms with Crippen molar-refractivity contribution >= 4 is 15.9 Å². The van der Waals surface area contributed by atoms with Gasteiger partial charge in [-0.3, -0.25) is 0 Å². The molecule has 3 nitrogen and oxygen atoms in total. The highest BCUT2D eigenvalue weighted by molar-refractivity contribution is 9.11. The van der Waals surface area contributed by atoms with Gasteiger partial charge >= 0.3 is 0 Å². The lowest BCUT2D eigenvalue weighted by atomic mass is 10.3. The molecule has 0 spiro atoms. The molecule has 0 bridgehead atoms. The van der Waals surface area contributed by atoms with Crippen molar-refractivity contribution in [1.29, 1.82) is 0 Å². The van der Waals surface area contributed by atoms with Crippen LogP contribution in [0.1, 0.15) is 13.8 Å². The van der Waals surface area contributed by atoms with E-state index in [1.54, 1.807) is 13.2 Å². The molecular weight excluding hydrogens is 268 g/mol. The number of likely N-dealkylation sites (N-methyl/N-ethyl adjacent to an activating group) is 1. The fourth-order valence-electron chi connectivity index (χ4n) is 1.04. The summed E-state index contributed by atoms with van der Waals surface area (Å²) in [5.74, 6) is 0. The Bertz CT molecular complexity index is 274. The van der Waals surface area contributed by atoms with Crippen molar-refractivity contribution in [2.75, 3.05) is 20.2 Å². The molecule has 2 N–H and O–H groups in total. The first kappa shape index (κ1) is 15.3. The number of allylic oxidation sites excluding steroid dienone is 1. The normalized spacial score (nSPS) is 13.8. The molecule has 4 heteroatoms. The summed E-state index contributed by atoms with van der Waals surface area (Å²) in [7, 11) is 1.66. The second-order valence-electron chi connectivity index (χ2n) is 3.31. The Morgan fingerprint density at radius 3 is 2.56 bits per heavy atom. The van der Waals surface area contributed by atoms with Crippen LogP contribution in [0.25, 0.3) is 0 Å². The van der Waals surface area contributed by atoms with E-state index in [1.165, 1.54) is 0 Å². The Balaban J connectivity index is 4.28. The summed E-state index contributed by atoms with van der Waals surface area (Å²) in [6.45, 7) is 13.2. The van der Waals surface area contributed by atoms with Crippen LogP contribution in [-0.4, -0.2) is 26.3 Å². The van der Waals surface area contributed by atoms with Crippen LogP contribution < -0.4 is 10.6 Å². The van der Waals surface area contributed by atoms with Crippen LogP contribution >= 0.6 is 15.9 Å². The van der Waals surface area contributed by atoms with Crippen LogP contribution in [0.2, 0.25) is 0 Å². The topological polar surface area (TPSA) is 33.3 Å². The van der Waals surface area contributed by atoms with Crippen LogP contribution in [0.3, 0.4) is 0 Å². The van der Waals surface area contributed by atoms with Gasteiger partial charge in [0, 0.05) is 36.1 Å². The van der Waals surface area contributed by atoms with Crippen LogP contribution in [0, 0.1) is 0 Å². The van der Waals surface area contributed by atoms with Crippen molar-refractivity contribution in [1.82, 2.24) is 10.6 Å². The average Bonchev–Trinajstić information content (AvgIpc) is 2.31. The van der Waals surface area contributed by atoms with Gasteiger partial charge in [0.05, 0.1) is 6.10 Å². The van der Waals surface area contributed by atoms with E-state index >= 15 is 0 Å². The van der Waals surface area contributed by atoms with Crippen molar-refractivity contribution in [2.45, 2.75) is 20.0 Å². The molecule has 0 aromatic carbocycles. The Morgan fingerprint density at radius 1 is 1.50 bits per heavy atom. The third-order valence-electron chi connectivity index (χ3n) is 2.18. The van der Waals surface area contributed by atoms with Gasteiger partial charge in [-0.15, -0.1) is 0 Å². The molecule has 0 amide bonds. The minimum atomic E-state index is 0.00613. The summed E-state index contributed by atoms with van der Waals surface area (Å²) in [5.41, 5.74) is 1.85. The van der Waals surface area contributed by atoms with Crippen LogP contribution in [0.4, 0.5) is 0 Å². The Morgan fingerprint density at radius 2 is 2.12 bits per heavy atom. The number of rotatable bonds is 8. The summed E-state index contributed by atoms with van der Waals surface area (Å²) in [5, 5.41) is 6.41. The van der Waals surface area contributed by atoms with Crippen LogP contribution in [0.15, 0.2) is 35.1 Å². The highest BCUT2D eigenvalue weighted by Gasteiger charge is 2.05. The van der Waals surface area contributed by atoms with E-state index in [2.05, 4.69) is 39.7 Å². The first-order chi connectivity index (χ1) is 7.56. The van der Waals surface area contributed by atoms with Crippen LogP contribution in [0.5, 0.6) is 0 Å². The van der Waals surface area contributed by atoms with Crippen molar-refractivity contribution in [2.24, 2.45) is 0 Å². The SMILES string of the molecule is C=CC(NCC)=C(Br)CNC(=C)[C@H](C)OC. The maximum Gasteiger partial charge on any atom is 0.0931 e. The number of hydrogen-bond acceptors (Lipinski definition) is 3. The first-order valence-corrected chi connectivity index (χ1v) is 6.06. The zero-order valence-corrected chi connectivity index (χ0v) is 11.9. The van der Waals surface area contributed by atoms with Gasteiger partial charge in [0.25, 0.3) is 0 Å². The second kappa shape index (κ2) is 8.42. The molecule has 16 heavy (non-hydrogen) atoms. The first-order valence-electron chi connectivity index (χ1n) is 5.27. The van der Waals surface area contributed by atoms with E-state index in [1.807, 2.05) is 13.8 Å². The fraction of sp³-hybridized carbons (Fsp3) is 0.500. The van der Waals surface area contributed by atoms with E-state index in [0.29, 0.717) is 6.54 Å². The molecule has 0 saturated heterocycles. The van der Waals surface area contributed by atoms with Crippen molar-refractivity contribution in [3.8, 4) is 0 Å². The zero-order valence-electron chi connectivity index (χ0n) is 10.3. The second-order valence-corrected chi connectivity index (χ2v) is 4.27. The predicted octanol–water partition coefficient (Wildman–Crippen LogP) is 2.53. The van der Waals surface area contributed by atoms with E-state index in [9.17, 15) is 0 Å². The molecule has 0 aliphatic rings. The van der Waals surface area contributed by atoms with E-state index in [0.717, 1.165) is 22.4 Å². The number of methoxy groups -OCH3 is 1. The Kier molecular flexibility index (Phi) is 8.03. The molecule has 0 saturated carbocycles. The van der Waals surface area contributed by atoms with Gasteiger partial charge in [-0.25, -0.2) is 0 Å². The van der Waals surface area contributed by atoms with Gasteiger partial charge in [-0.05, 0) is 19.9 Å². The smallest absolute Gasteiger partial charge is 0.0931 e. The molecule has 0 rings (SSSR count). The predicted molar refractivity (Wildman–Crippen MR) is 73.4 cm³/mol. The summed E-state index contributed by atoms with van der Waals surface area (Å²) in [6, 6.07) is 0. The lowest BCUT2D eigenvalue weighted by Gasteiger charge is -2.16. The minimum Gasteiger partial charge on any atom is -0.385 e. The van der Waals surface area contributed by atoms with Crippen LogP contribution in [-0.2, 0) is 4.74 Å². The molecule has 0 heterocycles. The lowest BCUT2D eigenvalue weighted by molar-refractivity contribution is 0.142. The van der Waals surface area contributed by atoms with Gasteiger partial charge < -0.3 is 15.4 Å². The standard InChI is InChI=1S/C12H21BrN2O/c1-6-12(14-7-2)11(13)8-15-9(3)10(4)16-5/h6,10,14-15H,1,3,7-8H2,2,4-5H3/t10-/m0/s1. The molecule has 0 unspecified atom stereocenters.